The number of carbonyl (C=O) groups is 2. The molecule has 0 N–H and O–H groups in total. The third kappa shape index (κ3) is 3.52. The zero-order chi connectivity index (χ0) is 18.9. The van der Waals surface area contributed by atoms with Gasteiger partial charge in [-0.15, -0.1) is 0 Å². The minimum atomic E-state index is -0.565. The Kier molecular flexibility index (Phi) is 4.57. The maximum absolute atomic E-state index is 13.1. The van der Waals surface area contributed by atoms with Crippen molar-refractivity contribution in [2.75, 3.05) is 32.8 Å². The number of morpholine rings is 1. The van der Waals surface area contributed by atoms with Crippen LogP contribution in [0, 0.1) is 5.82 Å². The lowest BCUT2D eigenvalue weighted by Crippen LogP contribution is -2.55. The minimum absolute atomic E-state index is 0.115. The fourth-order valence-electron chi connectivity index (χ4n) is 3.66. The number of likely N-dealkylation sites (tertiary alicyclic amines) is 1. The van der Waals surface area contributed by atoms with Crippen molar-refractivity contribution in [3.05, 3.63) is 59.7 Å². The van der Waals surface area contributed by atoms with Gasteiger partial charge < -0.3 is 14.5 Å². The number of hydrogen-bond acceptors (Lipinski definition) is 5. The summed E-state index contributed by atoms with van der Waals surface area (Å²) in [6.45, 7) is 2.27. The predicted molar refractivity (Wildman–Crippen MR) is 93.5 cm³/mol. The van der Waals surface area contributed by atoms with Gasteiger partial charge in [-0.3, -0.25) is 9.59 Å². The molecule has 7 nitrogen and oxygen atoms in total. The Bertz CT molecular complexity index is 846. The van der Waals surface area contributed by atoms with E-state index in [-0.39, 0.29) is 17.6 Å². The first-order valence-corrected chi connectivity index (χ1v) is 8.81. The summed E-state index contributed by atoms with van der Waals surface area (Å²) in [7, 11) is 0. The van der Waals surface area contributed by atoms with Gasteiger partial charge in [-0.1, -0.05) is 0 Å². The molecule has 1 aromatic carbocycles. The number of ether oxygens (including phenoxy) is 1. The smallest absolute Gasteiger partial charge is 0.255 e. The Hall–Kier alpha value is -2.87. The maximum Gasteiger partial charge on any atom is 0.255 e. The average molecular weight is 370 g/mol. The topological polar surface area (TPSA) is 75.6 Å². The molecule has 2 aliphatic heterocycles. The van der Waals surface area contributed by atoms with E-state index in [0.29, 0.717) is 50.3 Å². The summed E-state index contributed by atoms with van der Waals surface area (Å²) in [6, 6.07) is 7.16. The molecule has 3 heterocycles. The largest absolute Gasteiger partial charge is 0.369 e. The molecular formula is C19H19FN4O3. The number of aromatic nitrogens is 2. The average Bonchev–Trinajstić information content (AvgIpc) is 3.11. The van der Waals surface area contributed by atoms with Crippen molar-refractivity contribution in [3.63, 3.8) is 0 Å². The van der Waals surface area contributed by atoms with E-state index in [2.05, 4.69) is 10.2 Å². The molecular weight excluding hydrogens is 351 g/mol. The Labute approximate surface area is 155 Å². The van der Waals surface area contributed by atoms with Gasteiger partial charge in [-0.2, -0.15) is 10.2 Å². The molecule has 2 aromatic rings. The molecule has 0 aliphatic carbocycles. The highest BCUT2D eigenvalue weighted by Gasteiger charge is 2.45. The van der Waals surface area contributed by atoms with Crippen molar-refractivity contribution in [1.29, 1.82) is 0 Å². The molecule has 8 heteroatoms. The van der Waals surface area contributed by atoms with E-state index in [1.165, 1.54) is 36.7 Å². The molecule has 0 saturated carbocycles. The molecule has 0 radical (unpaired) electrons. The fraction of sp³-hybridized carbons (Fsp3) is 0.368. The Morgan fingerprint density at radius 2 is 1.67 bits per heavy atom. The van der Waals surface area contributed by atoms with E-state index >= 15 is 0 Å². The minimum Gasteiger partial charge on any atom is -0.369 e. The lowest BCUT2D eigenvalue weighted by atomic mass is 10.00. The van der Waals surface area contributed by atoms with Gasteiger partial charge in [0.25, 0.3) is 11.8 Å². The lowest BCUT2D eigenvalue weighted by molar-refractivity contribution is -0.0904. The van der Waals surface area contributed by atoms with Crippen molar-refractivity contribution >= 4 is 11.8 Å². The van der Waals surface area contributed by atoms with Crippen LogP contribution in [0.1, 0.15) is 27.1 Å². The first-order valence-electron chi connectivity index (χ1n) is 8.81. The molecule has 1 atom stereocenters. The van der Waals surface area contributed by atoms with Gasteiger partial charge in [-0.25, -0.2) is 4.39 Å². The first kappa shape index (κ1) is 17.5. The van der Waals surface area contributed by atoms with Gasteiger partial charge in [0.1, 0.15) is 11.4 Å². The van der Waals surface area contributed by atoms with Crippen LogP contribution in [-0.2, 0) is 4.74 Å². The van der Waals surface area contributed by atoms with Crippen LogP contribution in [0.3, 0.4) is 0 Å². The number of amides is 2. The lowest BCUT2D eigenvalue weighted by Gasteiger charge is -2.40. The molecule has 2 fully saturated rings. The first-order chi connectivity index (χ1) is 13.1. The van der Waals surface area contributed by atoms with Crippen LogP contribution in [0.5, 0.6) is 0 Å². The van der Waals surface area contributed by atoms with Crippen LogP contribution in [0.4, 0.5) is 4.39 Å². The SMILES string of the molecule is O=C(c1ccnnc1)N1CCOC2(CCN(C(=O)c3ccc(F)cc3)C2)C1. The van der Waals surface area contributed by atoms with Gasteiger partial charge in [0.05, 0.1) is 37.7 Å². The zero-order valence-electron chi connectivity index (χ0n) is 14.7. The van der Waals surface area contributed by atoms with E-state index in [0.717, 1.165) is 0 Å². The molecule has 2 saturated heterocycles. The van der Waals surface area contributed by atoms with Gasteiger partial charge in [0, 0.05) is 18.7 Å². The second-order valence-electron chi connectivity index (χ2n) is 6.87. The summed E-state index contributed by atoms with van der Waals surface area (Å²) in [6.07, 6.45) is 3.59. The number of carbonyl (C=O) groups excluding carboxylic acids is 2. The van der Waals surface area contributed by atoms with Crippen LogP contribution in [0.2, 0.25) is 0 Å². The molecule has 27 heavy (non-hydrogen) atoms. The predicted octanol–water partition coefficient (Wildman–Crippen LogP) is 1.37. The standard InChI is InChI=1S/C19H19FN4O3/c20-16-3-1-14(2-4-16)17(25)23-8-6-19(12-23)13-24(9-10-27-19)18(26)15-5-7-21-22-11-15/h1-5,7,11H,6,8-10,12-13H2. The van der Waals surface area contributed by atoms with Crippen LogP contribution >= 0.6 is 0 Å². The number of hydrogen-bond donors (Lipinski definition) is 0. The van der Waals surface area contributed by atoms with Gasteiger partial charge in [0.15, 0.2) is 0 Å². The summed E-state index contributed by atoms with van der Waals surface area (Å²) in [5.41, 5.74) is 0.365. The van der Waals surface area contributed by atoms with E-state index in [9.17, 15) is 14.0 Å². The van der Waals surface area contributed by atoms with E-state index in [4.69, 9.17) is 4.74 Å². The molecule has 2 amide bonds. The zero-order valence-corrected chi connectivity index (χ0v) is 14.7. The highest BCUT2D eigenvalue weighted by Crippen LogP contribution is 2.30. The van der Waals surface area contributed by atoms with Gasteiger partial charge in [0.2, 0.25) is 0 Å². The van der Waals surface area contributed by atoms with E-state index in [1.807, 2.05) is 0 Å². The van der Waals surface area contributed by atoms with Gasteiger partial charge in [-0.05, 0) is 36.8 Å². The normalized spacial score (nSPS) is 22.3. The molecule has 1 spiro atoms. The van der Waals surface area contributed by atoms with Crippen molar-refractivity contribution in [2.24, 2.45) is 0 Å². The molecule has 4 rings (SSSR count). The maximum atomic E-state index is 13.1. The van der Waals surface area contributed by atoms with E-state index in [1.54, 1.807) is 15.9 Å². The van der Waals surface area contributed by atoms with Gasteiger partial charge >= 0.3 is 0 Å². The highest BCUT2D eigenvalue weighted by molar-refractivity contribution is 5.95. The Morgan fingerprint density at radius 1 is 0.963 bits per heavy atom. The summed E-state index contributed by atoms with van der Waals surface area (Å²) in [4.78, 5) is 28.8. The second-order valence-corrected chi connectivity index (χ2v) is 6.87. The molecule has 0 bridgehead atoms. The molecule has 2 aliphatic rings. The van der Waals surface area contributed by atoms with Crippen molar-refractivity contribution < 1.29 is 18.7 Å². The molecule has 140 valence electrons. The van der Waals surface area contributed by atoms with Crippen molar-refractivity contribution in [1.82, 2.24) is 20.0 Å². The molecule has 1 aromatic heterocycles. The van der Waals surface area contributed by atoms with Crippen molar-refractivity contribution in [3.8, 4) is 0 Å². The summed E-state index contributed by atoms with van der Waals surface area (Å²) in [5.74, 6) is -0.645. The highest BCUT2D eigenvalue weighted by atomic mass is 19.1. The quantitative estimate of drug-likeness (QED) is 0.798. The number of benzene rings is 1. The third-order valence-corrected chi connectivity index (χ3v) is 5.06. The summed E-state index contributed by atoms with van der Waals surface area (Å²) < 4.78 is 19.1. The summed E-state index contributed by atoms with van der Waals surface area (Å²) in [5, 5.41) is 7.45. The van der Waals surface area contributed by atoms with Crippen molar-refractivity contribution in [2.45, 2.75) is 12.0 Å². The summed E-state index contributed by atoms with van der Waals surface area (Å²) >= 11 is 0. The number of rotatable bonds is 2. The van der Waals surface area contributed by atoms with Crippen LogP contribution in [0.15, 0.2) is 42.7 Å². The monoisotopic (exact) mass is 370 g/mol. The third-order valence-electron chi connectivity index (χ3n) is 5.06. The Balaban J connectivity index is 1.45. The number of halogens is 1. The second kappa shape index (κ2) is 7.03. The molecule has 1 unspecified atom stereocenters. The number of nitrogens with zero attached hydrogens (tertiary/aromatic N) is 4. The van der Waals surface area contributed by atoms with Crippen LogP contribution in [0.25, 0.3) is 0 Å². The van der Waals surface area contributed by atoms with E-state index < -0.39 is 5.60 Å². The Morgan fingerprint density at radius 3 is 2.37 bits per heavy atom. The fourth-order valence-corrected chi connectivity index (χ4v) is 3.66. The van der Waals surface area contributed by atoms with Crippen LogP contribution in [-0.4, -0.2) is 70.2 Å². The van der Waals surface area contributed by atoms with Crippen LogP contribution < -0.4 is 0 Å².